The molecule has 0 aliphatic heterocycles. The van der Waals surface area contributed by atoms with E-state index in [2.05, 4.69) is 9.97 Å². The van der Waals surface area contributed by atoms with Gasteiger partial charge in [0, 0.05) is 35.8 Å². The molecule has 0 aliphatic carbocycles. The lowest BCUT2D eigenvalue weighted by Gasteiger charge is -2.06. The summed E-state index contributed by atoms with van der Waals surface area (Å²) < 4.78 is 5.66. The van der Waals surface area contributed by atoms with Crippen LogP contribution in [-0.4, -0.2) is 9.97 Å². The fourth-order valence-electron chi connectivity index (χ4n) is 1.98. The van der Waals surface area contributed by atoms with Gasteiger partial charge in [0.2, 0.25) is 5.88 Å². The quantitative estimate of drug-likeness (QED) is 0.794. The Hall–Kier alpha value is -2.88. The van der Waals surface area contributed by atoms with Crippen molar-refractivity contribution in [1.29, 1.82) is 0 Å². The predicted molar refractivity (Wildman–Crippen MR) is 82.7 cm³/mol. The molecule has 3 rings (SSSR count). The molecule has 4 heteroatoms. The van der Waals surface area contributed by atoms with Gasteiger partial charge in [-0.1, -0.05) is 30.3 Å². The Balaban J connectivity index is 1.69. The van der Waals surface area contributed by atoms with Gasteiger partial charge >= 0.3 is 0 Å². The van der Waals surface area contributed by atoms with Crippen LogP contribution < -0.4 is 10.5 Å². The highest BCUT2D eigenvalue weighted by Gasteiger charge is 2.01. The van der Waals surface area contributed by atoms with Crippen LogP contribution in [0.2, 0.25) is 0 Å². The van der Waals surface area contributed by atoms with Crippen LogP contribution in [0.15, 0.2) is 67.1 Å². The Morgan fingerprint density at radius 1 is 0.905 bits per heavy atom. The standard InChI is InChI=1S/C17H15N3O/c18-16-8-15(9-19-11-16)14-6-7-17(20-10-14)21-12-13-4-2-1-3-5-13/h1-11H,12,18H2. The number of hydrogen-bond acceptors (Lipinski definition) is 4. The highest BCUT2D eigenvalue weighted by Crippen LogP contribution is 2.21. The van der Waals surface area contributed by atoms with Crippen LogP contribution >= 0.6 is 0 Å². The molecule has 0 aliphatic rings. The van der Waals surface area contributed by atoms with E-state index in [-0.39, 0.29) is 0 Å². The van der Waals surface area contributed by atoms with Crippen LogP contribution in [0.1, 0.15) is 5.56 Å². The van der Waals surface area contributed by atoms with E-state index in [1.807, 2.05) is 48.5 Å². The maximum atomic E-state index is 5.73. The third kappa shape index (κ3) is 3.36. The maximum absolute atomic E-state index is 5.73. The largest absolute Gasteiger partial charge is 0.473 e. The van der Waals surface area contributed by atoms with Crippen molar-refractivity contribution in [2.45, 2.75) is 6.61 Å². The Morgan fingerprint density at radius 3 is 2.48 bits per heavy atom. The molecular weight excluding hydrogens is 262 g/mol. The SMILES string of the molecule is Nc1cncc(-c2ccc(OCc3ccccc3)nc2)c1. The molecule has 0 atom stereocenters. The van der Waals surface area contributed by atoms with E-state index in [1.54, 1.807) is 18.6 Å². The first-order valence-corrected chi connectivity index (χ1v) is 6.65. The van der Waals surface area contributed by atoms with Gasteiger partial charge in [0.1, 0.15) is 6.61 Å². The van der Waals surface area contributed by atoms with Gasteiger partial charge in [0.25, 0.3) is 0 Å². The summed E-state index contributed by atoms with van der Waals surface area (Å²) >= 11 is 0. The minimum Gasteiger partial charge on any atom is -0.473 e. The summed E-state index contributed by atoms with van der Waals surface area (Å²) in [7, 11) is 0. The number of hydrogen-bond donors (Lipinski definition) is 1. The average molecular weight is 277 g/mol. The molecule has 0 bridgehead atoms. The van der Waals surface area contributed by atoms with E-state index >= 15 is 0 Å². The van der Waals surface area contributed by atoms with Gasteiger partial charge in [-0.2, -0.15) is 0 Å². The van der Waals surface area contributed by atoms with E-state index < -0.39 is 0 Å². The number of rotatable bonds is 4. The summed E-state index contributed by atoms with van der Waals surface area (Å²) in [5.41, 5.74) is 9.38. The van der Waals surface area contributed by atoms with Gasteiger partial charge < -0.3 is 10.5 Å². The van der Waals surface area contributed by atoms with Crippen molar-refractivity contribution >= 4 is 5.69 Å². The number of anilines is 1. The highest BCUT2D eigenvalue weighted by atomic mass is 16.5. The smallest absolute Gasteiger partial charge is 0.213 e. The topological polar surface area (TPSA) is 61.0 Å². The molecule has 0 spiro atoms. The number of aromatic nitrogens is 2. The Bertz CT molecular complexity index is 712. The lowest BCUT2D eigenvalue weighted by molar-refractivity contribution is 0.294. The summed E-state index contributed by atoms with van der Waals surface area (Å²) in [6.07, 6.45) is 5.14. The molecule has 0 saturated heterocycles. The van der Waals surface area contributed by atoms with Crippen LogP contribution in [-0.2, 0) is 6.61 Å². The number of nitrogen functional groups attached to an aromatic ring is 1. The van der Waals surface area contributed by atoms with Gasteiger partial charge in [-0.05, 0) is 17.7 Å². The van der Waals surface area contributed by atoms with Gasteiger partial charge in [0.15, 0.2) is 0 Å². The van der Waals surface area contributed by atoms with E-state index in [0.29, 0.717) is 18.2 Å². The fourth-order valence-corrected chi connectivity index (χ4v) is 1.98. The Labute approximate surface area is 123 Å². The van der Waals surface area contributed by atoms with Crippen LogP contribution in [0, 0.1) is 0 Å². The monoisotopic (exact) mass is 277 g/mol. The predicted octanol–water partition coefficient (Wildman–Crippen LogP) is 3.30. The van der Waals surface area contributed by atoms with Gasteiger partial charge in [-0.25, -0.2) is 4.98 Å². The fraction of sp³-hybridized carbons (Fsp3) is 0.0588. The van der Waals surface area contributed by atoms with Gasteiger partial charge in [0.05, 0.1) is 5.69 Å². The van der Waals surface area contributed by atoms with Crippen molar-refractivity contribution in [3.8, 4) is 17.0 Å². The number of nitrogens with two attached hydrogens (primary N) is 1. The van der Waals surface area contributed by atoms with E-state index in [4.69, 9.17) is 10.5 Å². The van der Waals surface area contributed by atoms with Gasteiger partial charge in [-0.15, -0.1) is 0 Å². The van der Waals surface area contributed by atoms with Crippen molar-refractivity contribution in [2.75, 3.05) is 5.73 Å². The Kier molecular flexibility index (Phi) is 3.78. The minimum atomic E-state index is 0.507. The van der Waals surface area contributed by atoms with Crippen LogP contribution in [0.4, 0.5) is 5.69 Å². The summed E-state index contributed by atoms with van der Waals surface area (Å²) in [5, 5.41) is 0. The number of pyridine rings is 2. The molecule has 3 aromatic rings. The summed E-state index contributed by atoms with van der Waals surface area (Å²) in [6.45, 7) is 0.507. The number of benzene rings is 1. The zero-order chi connectivity index (χ0) is 14.5. The lowest BCUT2D eigenvalue weighted by atomic mass is 10.1. The minimum absolute atomic E-state index is 0.507. The molecule has 0 radical (unpaired) electrons. The molecule has 0 saturated carbocycles. The van der Waals surface area contributed by atoms with Crippen molar-refractivity contribution in [1.82, 2.24) is 9.97 Å². The zero-order valence-electron chi connectivity index (χ0n) is 11.4. The first kappa shape index (κ1) is 13.1. The molecule has 0 fully saturated rings. The van der Waals surface area contributed by atoms with Crippen LogP contribution in [0.5, 0.6) is 5.88 Å². The lowest BCUT2D eigenvalue weighted by Crippen LogP contribution is -1.97. The van der Waals surface area contributed by atoms with E-state index in [9.17, 15) is 0 Å². The molecule has 0 amide bonds. The highest BCUT2D eigenvalue weighted by molar-refractivity contribution is 5.65. The van der Waals surface area contributed by atoms with E-state index in [1.165, 1.54) is 0 Å². The van der Waals surface area contributed by atoms with Crippen LogP contribution in [0.25, 0.3) is 11.1 Å². The molecule has 2 heterocycles. The second-order valence-electron chi connectivity index (χ2n) is 4.67. The zero-order valence-corrected chi connectivity index (χ0v) is 11.4. The summed E-state index contributed by atoms with van der Waals surface area (Å²) in [6, 6.07) is 15.7. The normalized spacial score (nSPS) is 10.3. The van der Waals surface area contributed by atoms with Crippen molar-refractivity contribution in [3.05, 3.63) is 72.7 Å². The number of ether oxygens (including phenoxy) is 1. The first-order chi connectivity index (χ1) is 10.3. The second kappa shape index (κ2) is 6.05. The summed E-state index contributed by atoms with van der Waals surface area (Å²) in [4.78, 5) is 8.38. The van der Waals surface area contributed by atoms with Crippen molar-refractivity contribution in [3.63, 3.8) is 0 Å². The molecule has 104 valence electrons. The second-order valence-corrected chi connectivity index (χ2v) is 4.67. The molecule has 0 unspecified atom stereocenters. The number of nitrogens with zero attached hydrogens (tertiary/aromatic N) is 2. The van der Waals surface area contributed by atoms with Crippen LogP contribution in [0.3, 0.4) is 0 Å². The molecule has 4 nitrogen and oxygen atoms in total. The molecular formula is C17H15N3O. The maximum Gasteiger partial charge on any atom is 0.213 e. The average Bonchev–Trinajstić information content (AvgIpc) is 2.54. The molecule has 1 aromatic carbocycles. The third-order valence-electron chi connectivity index (χ3n) is 3.06. The first-order valence-electron chi connectivity index (χ1n) is 6.65. The summed E-state index contributed by atoms with van der Waals surface area (Å²) in [5.74, 6) is 0.597. The Morgan fingerprint density at radius 2 is 1.76 bits per heavy atom. The molecule has 21 heavy (non-hydrogen) atoms. The van der Waals surface area contributed by atoms with E-state index in [0.717, 1.165) is 16.7 Å². The molecule has 2 aromatic heterocycles. The molecule has 2 N–H and O–H groups in total. The van der Waals surface area contributed by atoms with Crippen molar-refractivity contribution in [2.24, 2.45) is 0 Å². The van der Waals surface area contributed by atoms with Gasteiger partial charge in [-0.3, -0.25) is 4.98 Å². The van der Waals surface area contributed by atoms with Crippen molar-refractivity contribution < 1.29 is 4.74 Å². The third-order valence-corrected chi connectivity index (χ3v) is 3.06.